The van der Waals surface area contributed by atoms with Gasteiger partial charge in [0.2, 0.25) is 0 Å². The van der Waals surface area contributed by atoms with Crippen LogP contribution < -0.4 is 10.1 Å². The molecule has 1 aromatic heterocycles. The van der Waals surface area contributed by atoms with E-state index in [1.807, 2.05) is 36.1 Å². The van der Waals surface area contributed by atoms with Gasteiger partial charge in [-0.15, -0.1) is 0 Å². The maximum atomic E-state index is 5.83. The number of hydrogen-bond donors (Lipinski definition) is 1. The standard InChI is InChI=1S/C16H23N3O/c1-4-17-13(2)14-6-5-7-16(12-14)20-11-9-15-8-10-18-19(15)3/h5-8,10,12-13,17H,4,9,11H2,1-3H3. The maximum absolute atomic E-state index is 5.83. The topological polar surface area (TPSA) is 39.1 Å². The summed E-state index contributed by atoms with van der Waals surface area (Å²) in [5, 5.41) is 7.56. The molecule has 0 amide bonds. The zero-order chi connectivity index (χ0) is 14.4. The highest BCUT2D eigenvalue weighted by Gasteiger charge is 2.05. The maximum Gasteiger partial charge on any atom is 0.119 e. The van der Waals surface area contributed by atoms with Crippen molar-refractivity contribution in [1.82, 2.24) is 15.1 Å². The molecule has 0 aliphatic carbocycles. The lowest BCUT2D eigenvalue weighted by molar-refractivity contribution is 0.318. The normalized spacial score (nSPS) is 12.3. The first-order valence-electron chi connectivity index (χ1n) is 7.13. The molecule has 0 bridgehead atoms. The summed E-state index contributed by atoms with van der Waals surface area (Å²) in [7, 11) is 1.95. The predicted molar refractivity (Wildman–Crippen MR) is 80.9 cm³/mol. The van der Waals surface area contributed by atoms with E-state index < -0.39 is 0 Å². The molecule has 20 heavy (non-hydrogen) atoms. The Hall–Kier alpha value is -1.81. The highest BCUT2D eigenvalue weighted by atomic mass is 16.5. The molecule has 4 heteroatoms. The minimum atomic E-state index is 0.348. The Morgan fingerprint density at radius 1 is 1.35 bits per heavy atom. The van der Waals surface area contributed by atoms with Crippen LogP contribution in [-0.2, 0) is 13.5 Å². The van der Waals surface area contributed by atoms with Gasteiger partial charge in [0.1, 0.15) is 5.75 Å². The number of nitrogens with one attached hydrogen (secondary N) is 1. The molecule has 1 N–H and O–H groups in total. The molecule has 0 radical (unpaired) electrons. The van der Waals surface area contributed by atoms with Gasteiger partial charge >= 0.3 is 0 Å². The molecule has 1 aromatic carbocycles. The SMILES string of the molecule is CCNC(C)c1cccc(OCCc2ccnn2C)c1. The fourth-order valence-corrected chi connectivity index (χ4v) is 2.22. The van der Waals surface area contributed by atoms with E-state index in [4.69, 9.17) is 4.74 Å². The minimum absolute atomic E-state index is 0.348. The third-order valence-electron chi connectivity index (χ3n) is 3.42. The van der Waals surface area contributed by atoms with Crippen LogP contribution in [0.25, 0.3) is 0 Å². The molecule has 0 spiro atoms. The van der Waals surface area contributed by atoms with Crippen molar-refractivity contribution in [1.29, 1.82) is 0 Å². The molecule has 0 fully saturated rings. The van der Waals surface area contributed by atoms with E-state index in [2.05, 4.69) is 36.4 Å². The fraction of sp³-hybridized carbons (Fsp3) is 0.438. The van der Waals surface area contributed by atoms with Crippen molar-refractivity contribution in [3.05, 3.63) is 47.8 Å². The molecule has 2 aromatic rings. The van der Waals surface area contributed by atoms with Gasteiger partial charge < -0.3 is 10.1 Å². The quantitative estimate of drug-likeness (QED) is 0.843. The smallest absolute Gasteiger partial charge is 0.119 e. The van der Waals surface area contributed by atoms with Crippen LogP contribution in [0.4, 0.5) is 0 Å². The van der Waals surface area contributed by atoms with Crippen LogP contribution in [0, 0.1) is 0 Å². The lowest BCUT2D eigenvalue weighted by atomic mass is 10.1. The molecule has 108 valence electrons. The van der Waals surface area contributed by atoms with E-state index in [0.29, 0.717) is 12.6 Å². The zero-order valence-corrected chi connectivity index (χ0v) is 12.5. The average molecular weight is 273 g/mol. The number of ether oxygens (including phenoxy) is 1. The Balaban J connectivity index is 1.90. The Labute approximate surface area is 120 Å². The van der Waals surface area contributed by atoms with E-state index in [1.165, 1.54) is 11.3 Å². The fourth-order valence-electron chi connectivity index (χ4n) is 2.22. The molecule has 2 rings (SSSR count). The van der Waals surface area contributed by atoms with E-state index in [0.717, 1.165) is 18.7 Å². The summed E-state index contributed by atoms with van der Waals surface area (Å²) in [5.74, 6) is 0.925. The highest BCUT2D eigenvalue weighted by molar-refractivity contribution is 5.30. The molecule has 0 aliphatic heterocycles. The summed E-state index contributed by atoms with van der Waals surface area (Å²) in [6.45, 7) is 5.91. The van der Waals surface area contributed by atoms with Gasteiger partial charge in [0.15, 0.2) is 0 Å². The van der Waals surface area contributed by atoms with Crippen LogP contribution in [0.1, 0.15) is 31.1 Å². The van der Waals surface area contributed by atoms with Crippen LogP contribution in [0.2, 0.25) is 0 Å². The highest BCUT2D eigenvalue weighted by Crippen LogP contribution is 2.19. The summed E-state index contributed by atoms with van der Waals surface area (Å²) in [5.41, 5.74) is 2.44. The zero-order valence-electron chi connectivity index (χ0n) is 12.5. The Kier molecular flexibility index (Phi) is 5.18. The first-order chi connectivity index (χ1) is 9.70. The summed E-state index contributed by atoms with van der Waals surface area (Å²) >= 11 is 0. The van der Waals surface area contributed by atoms with Crippen LogP contribution >= 0.6 is 0 Å². The van der Waals surface area contributed by atoms with Gasteiger partial charge in [0, 0.05) is 31.4 Å². The van der Waals surface area contributed by atoms with Crippen molar-refractivity contribution in [2.24, 2.45) is 7.05 Å². The predicted octanol–water partition coefficient (Wildman–Crippen LogP) is 2.71. The van der Waals surface area contributed by atoms with Gasteiger partial charge in [-0.2, -0.15) is 5.10 Å². The molecule has 1 unspecified atom stereocenters. The van der Waals surface area contributed by atoms with Gasteiger partial charge in [0.05, 0.1) is 6.61 Å². The van der Waals surface area contributed by atoms with Gasteiger partial charge in [-0.3, -0.25) is 4.68 Å². The first-order valence-corrected chi connectivity index (χ1v) is 7.13. The number of aryl methyl sites for hydroxylation is 1. The van der Waals surface area contributed by atoms with Crippen molar-refractivity contribution in [3.63, 3.8) is 0 Å². The third-order valence-corrected chi connectivity index (χ3v) is 3.42. The van der Waals surface area contributed by atoms with E-state index >= 15 is 0 Å². The van der Waals surface area contributed by atoms with Crippen LogP contribution in [0.5, 0.6) is 5.75 Å². The summed E-state index contributed by atoms with van der Waals surface area (Å²) in [4.78, 5) is 0. The first kappa shape index (κ1) is 14.6. The van der Waals surface area contributed by atoms with Crippen molar-refractivity contribution in [3.8, 4) is 5.75 Å². The molecule has 0 saturated carbocycles. The summed E-state index contributed by atoms with van der Waals surface area (Å²) < 4.78 is 7.72. The van der Waals surface area contributed by atoms with Gasteiger partial charge in [-0.1, -0.05) is 19.1 Å². The van der Waals surface area contributed by atoms with Crippen LogP contribution in [0.3, 0.4) is 0 Å². The second-order valence-electron chi connectivity index (χ2n) is 4.90. The van der Waals surface area contributed by atoms with Crippen molar-refractivity contribution in [2.75, 3.05) is 13.2 Å². The lowest BCUT2D eigenvalue weighted by Gasteiger charge is -2.14. The summed E-state index contributed by atoms with van der Waals surface area (Å²) in [6.07, 6.45) is 2.68. The van der Waals surface area contributed by atoms with Gasteiger partial charge in [0.25, 0.3) is 0 Å². The monoisotopic (exact) mass is 273 g/mol. The molecular formula is C16H23N3O. The molecule has 1 heterocycles. The van der Waals surface area contributed by atoms with Crippen molar-refractivity contribution >= 4 is 0 Å². The molecule has 4 nitrogen and oxygen atoms in total. The van der Waals surface area contributed by atoms with Crippen LogP contribution in [-0.4, -0.2) is 22.9 Å². The largest absolute Gasteiger partial charge is 0.493 e. The molecule has 0 saturated heterocycles. The Bertz CT molecular complexity index is 536. The number of aromatic nitrogens is 2. The number of hydrogen-bond acceptors (Lipinski definition) is 3. The van der Waals surface area contributed by atoms with Crippen molar-refractivity contribution in [2.45, 2.75) is 26.3 Å². The third kappa shape index (κ3) is 3.84. The average Bonchev–Trinajstić information content (AvgIpc) is 2.85. The number of benzene rings is 1. The molecular weight excluding hydrogens is 250 g/mol. The van der Waals surface area contributed by atoms with E-state index in [9.17, 15) is 0 Å². The van der Waals surface area contributed by atoms with E-state index in [-0.39, 0.29) is 0 Å². The Morgan fingerprint density at radius 2 is 2.20 bits per heavy atom. The van der Waals surface area contributed by atoms with Gasteiger partial charge in [-0.05, 0) is 37.2 Å². The van der Waals surface area contributed by atoms with Crippen LogP contribution in [0.15, 0.2) is 36.5 Å². The minimum Gasteiger partial charge on any atom is -0.493 e. The number of nitrogens with zero attached hydrogens (tertiary/aromatic N) is 2. The number of rotatable bonds is 7. The van der Waals surface area contributed by atoms with Crippen molar-refractivity contribution < 1.29 is 4.74 Å². The second-order valence-corrected chi connectivity index (χ2v) is 4.90. The second kappa shape index (κ2) is 7.10. The molecule has 0 aliphatic rings. The Morgan fingerprint density at radius 3 is 2.90 bits per heavy atom. The lowest BCUT2D eigenvalue weighted by Crippen LogP contribution is -2.17. The van der Waals surface area contributed by atoms with E-state index in [1.54, 1.807) is 0 Å². The molecule has 1 atom stereocenters. The van der Waals surface area contributed by atoms with Gasteiger partial charge in [-0.25, -0.2) is 0 Å². The summed E-state index contributed by atoms with van der Waals surface area (Å²) in [6, 6.07) is 10.7.